The van der Waals surface area contributed by atoms with Crippen molar-refractivity contribution in [2.45, 2.75) is 13.8 Å². The van der Waals surface area contributed by atoms with Gasteiger partial charge in [0.2, 0.25) is 0 Å². The summed E-state index contributed by atoms with van der Waals surface area (Å²) in [5.41, 5.74) is 1.69. The molecule has 58 valence electrons. The van der Waals surface area contributed by atoms with Crippen LogP contribution in [-0.2, 0) is 0 Å². The second kappa shape index (κ2) is 2.96. The summed E-state index contributed by atoms with van der Waals surface area (Å²) in [6.07, 6.45) is 0. The van der Waals surface area contributed by atoms with E-state index >= 15 is 0 Å². The summed E-state index contributed by atoms with van der Waals surface area (Å²) < 4.78 is 0. The molecule has 0 radical (unpaired) electrons. The first kappa shape index (κ1) is 8.14. The first-order chi connectivity index (χ1) is 5.11. The highest BCUT2D eigenvalue weighted by atomic mass is 35.5. The number of carbonyl (C=O) groups is 1. The Morgan fingerprint density at radius 1 is 1.45 bits per heavy atom. The number of nitrogens with zero attached hydrogens (tertiary/aromatic N) is 2. The molecule has 0 N–H and O–H groups in total. The second-order valence-corrected chi connectivity index (χ2v) is 2.60. The molecule has 0 atom stereocenters. The molecule has 0 spiro atoms. The van der Waals surface area contributed by atoms with Gasteiger partial charge in [-0.05, 0) is 31.5 Å². The molecule has 0 aliphatic heterocycles. The van der Waals surface area contributed by atoms with E-state index in [-0.39, 0.29) is 0 Å². The molecule has 0 aliphatic rings. The Morgan fingerprint density at radius 3 is 2.55 bits per heavy atom. The molecule has 0 amide bonds. The summed E-state index contributed by atoms with van der Waals surface area (Å²) in [5, 5.41) is 7.02. The second-order valence-electron chi connectivity index (χ2n) is 2.26. The lowest BCUT2D eigenvalue weighted by molar-refractivity contribution is 0.108. The lowest BCUT2D eigenvalue weighted by Gasteiger charge is -1.97. The Balaban J connectivity index is 3.23. The number of carbonyl (C=O) groups excluding carboxylic acids is 1. The van der Waals surface area contributed by atoms with Crippen molar-refractivity contribution < 1.29 is 4.79 Å². The number of hydrogen-bond acceptors (Lipinski definition) is 3. The van der Waals surface area contributed by atoms with E-state index in [2.05, 4.69) is 10.2 Å². The largest absolute Gasteiger partial charge is 0.276 e. The highest BCUT2D eigenvalue weighted by molar-refractivity contribution is 6.67. The molecule has 0 fully saturated rings. The first-order valence-corrected chi connectivity index (χ1v) is 3.50. The minimum atomic E-state index is -0.486. The molecule has 1 rings (SSSR count). The molecule has 0 saturated carbocycles. The van der Waals surface area contributed by atoms with Crippen LogP contribution in [0.15, 0.2) is 6.07 Å². The van der Waals surface area contributed by atoms with Crippen molar-refractivity contribution in [3.05, 3.63) is 23.0 Å². The van der Waals surface area contributed by atoms with Gasteiger partial charge >= 0.3 is 0 Å². The van der Waals surface area contributed by atoms with E-state index in [4.69, 9.17) is 11.6 Å². The molecule has 0 bridgehead atoms. The maximum absolute atomic E-state index is 10.7. The monoisotopic (exact) mass is 170 g/mol. The van der Waals surface area contributed by atoms with Crippen LogP contribution in [0.1, 0.15) is 21.7 Å². The predicted octanol–water partition coefficient (Wildman–Crippen LogP) is 1.47. The first-order valence-electron chi connectivity index (χ1n) is 3.12. The zero-order valence-corrected chi connectivity index (χ0v) is 7.01. The Hall–Kier alpha value is -0.960. The average molecular weight is 171 g/mol. The third kappa shape index (κ3) is 1.74. The fraction of sp³-hybridized carbons (Fsp3) is 0.286. The van der Waals surface area contributed by atoms with Crippen LogP contribution in [0.2, 0.25) is 0 Å². The standard InChI is InChI=1S/C7H7ClN2O/c1-4-3-6(7(8)11)5(2)10-9-4/h3H,1-2H3. The lowest BCUT2D eigenvalue weighted by atomic mass is 10.2. The maximum atomic E-state index is 10.7. The highest BCUT2D eigenvalue weighted by Gasteiger charge is 2.06. The van der Waals surface area contributed by atoms with Gasteiger partial charge in [0.1, 0.15) is 0 Å². The van der Waals surface area contributed by atoms with Crippen LogP contribution < -0.4 is 0 Å². The van der Waals surface area contributed by atoms with Crippen LogP contribution in [-0.4, -0.2) is 15.4 Å². The van der Waals surface area contributed by atoms with Gasteiger partial charge in [0.25, 0.3) is 5.24 Å². The fourth-order valence-corrected chi connectivity index (χ4v) is 0.940. The van der Waals surface area contributed by atoms with Crippen LogP contribution in [0.5, 0.6) is 0 Å². The van der Waals surface area contributed by atoms with E-state index in [0.29, 0.717) is 17.0 Å². The fourth-order valence-electron chi connectivity index (χ4n) is 0.749. The van der Waals surface area contributed by atoms with Crippen molar-refractivity contribution in [1.29, 1.82) is 0 Å². The van der Waals surface area contributed by atoms with Gasteiger partial charge in [-0.15, -0.1) is 0 Å². The van der Waals surface area contributed by atoms with Crippen molar-refractivity contribution >= 4 is 16.8 Å². The molecule has 3 nitrogen and oxygen atoms in total. The Labute approximate surface area is 69.4 Å². The summed E-state index contributed by atoms with van der Waals surface area (Å²) in [6.45, 7) is 3.46. The van der Waals surface area contributed by atoms with Crippen molar-refractivity contribution in [3.8, 4) is 0 Å². The smallest absolute Gasteiger partial charge is 0.254 e. The average Bonchev–Trinajstić information content (AvgIpc) is 1.94. The van der Waals surface area contributed by atoms with Gasteiger partial charge in [-0.2, -0.15) is 10.2 Å². The quantitative estimate of drug-likeness (QED) is 0.600. The molecule has 0 saturated heterocycles. The maximum Gasteiger partial charge on any atom is 0.254 e. The molecular weight excluding hydrogens is 164 g/mol. The summed E-state index contributed by atoms with van der Waals surface area (Å²) in [7, 11) is 0. The molecular formula is C7H7ClN2O. The SMILES string of the molecule is Cc1cc(C(=O)Cl)c(C)nn1. The van der Waals surface area contributed by atoms with Crippen LogP contribution in [0, 0.1) is 13.8 Å². The molecule has 11 heavy (non-hydrogen) atoms. The molecule has 1 aromatic heterocycles. The van der Waals surface area contributed by atoms with Crippen LogP contribution in [0.3, 0.4) is 0 Å². The van der Waals surface area contributed by atoms with Crippen molar-refractivity contribution in [2.75, 3.05) is 0 Å². The predicted molar refractivity (Wildman–Crippen MR) is 41.7 cm³/mol. The van der Waals surface area contributed by atoms with Gasteiger partial charge in [0.05, 0.1) is 17.0 Å². The van der Waals surface area contributed by atoms with E-state index in [1.807, 2.05) is 0 Å². The van der Waals surface area contributed by atoms with Crippen molar-refractivity contribution in [3.63, 3.8) is 0 Å². The van der Waals surface area contributed by atoms with E-state index in [1.165, 1.54) is 0 Å². The zero-order valence-electron chi connectivity index (χ0n) is 6.26. The van der Waals surface area contributed by atoms with E-state index in [9.17, 15) is 4.79 Å². The Bertz CT molecular complexity index is 298. The topological polar surface area (TPSA) is 42.9 Å². The van der Waals surface area contributed by atoms with Crippen LogP contribution in [0.25, 0.3) is 0 Å². The van der Waals surface area contributed by atoms with E-state index in [0.717, 1.165) is 0 Å². The molecule has 0 aromatic carbocycles. The van der Waals surface area contributed by atoms with Crippen molar-refractivity contribution in [2.24, 2.45) is 0 Å². The van der Waals surface area contributed by atoms with Gasteiger partial charge in [-0.25, -0.2) is 0 Å². The summed E-state index contributed by atoms with van der Waals surface area (Å²) in [5.74, 6) is 0. The Morgan fingerprint density at radius 2 is 2.09 bits per heavy atom. The van der Waals surface area contributed by atoms with Gasteiger partial charge in [-0.1, -0.05) is 0 Å². The van der Waals surface area contributed by atoms with E-state index in [1.54, 1.807) is 19.9 Å². The minimum Gasteiger partial charge on any atom is -0.276 e. The van der Waals surface area contributed by atoms with Crippen molar-refractivity contribution in [1.82, 2.24) is 10.2 Å². The summed E-state index contributed by atoms with van der Waals surface area (Å²) >= 11 is 5.27. The number of hydrogen-bond donors (Lipinski definition) is 0. The third-order valence-corrected chi connectivity index (χ3v) is 1.52. The highest BCUT2D eigenvalue weighted by Crippen LogP contribution is 2.07. The van der Waals surface area contributed by atoms with Gasteiger partial charge in [0.15, 0.2) is 0 Å². The number of rotatable bonds is 1. The molecule has 1 heterocycles. The normalized spacial score (nSPS) is 9.73. The summed E-state index contributed by atoms with van der Waals surface area (Å²) in [6, 6.07) is 1.62. The van der Waals surface area contributed by atoms with Gasteiger partial charge in [-0.3, -0.25) is 4.79 Å². The number of aryl methyl sites for hydroxylation is 2. The van der Waals surface area contributed by atoms with Crippen LogP contribution >= 0.6 is 11.6 Å². The number of aromatic nitrogens is 2. The van der Waals surface area contributed by atoms with E-state index < -0.39 is 5.24 Å². The third-order valence-electron chi connectivity index (χ3n) is 1.31. The lowest BCUT2D eigenvalue weighted by Crippen LogP contribution is -1.99. The van der Waals surface area contributed by atoms with Gasteiger partial charge < -0.3 is 0 Å². The van der Waals surface area contributed by atoms with Crippen LogP contribution in [0.4, 0.5) is 0 Å². The minimum absolute atomic E-state index is 0.430. The molecule has 1 aromatic rings. The zero-order chi connectivity index (χ0) is 8.43. The number of halogens is 1. The Kier molecular flexibility index (Phi) is 2.19. The molecule has 4 heteroatoms. The molecule has 0 aliphatic carbocycles. The van der Waals surface area contributed by atoms with Gasteiger partial charge in [0, 0.05) is 0 Å². The molecule has 0 unspecified atom stereocenters. The summed E-state index contributed by atoms with van der Waals surface area (Å²) in [4.78, 5) is 10.7.